The lowest BCUT2D eigenvalue weighted by molar-refractivity contribution is 0.0674. The van der Waals surface area contributed by atoms with Crippen molar-refractivity contribution in [3.8, 4) is 0 Å². The van der Waals surface area contributed by atoms with Gasteiger partial charge < -0.3 is 5.32 Å². The van der Waals surface area contributed by atoms with E-state index in [1.165, 1.54) is 25.1 Å². The van der Waals surface area contributed by atoms with Crippen molar-refractivity contribution >= 4 is 5.91 Å². The molecule has 10 unspecified atom stereocenters. The highest BCUT2D eigenvalue weighted by atomic mass is 19.1. The minimum Gasteiger partial charge on any atom is -0.349 e. The number of nitrogens with zero attached hydrogens (tertiary/aromatic N) is 1. The van der Waals surface area contributed by atoms with E-state index in [-0.39, 0.29) is 5.91 Å². The third kappa shape index (κ3) is 0.838. The van der Waals surface area contributed by atoms with Crippen LogP contribution in [-0.2, 0) is 0 Å². The number of amides is 1. The Morgan fingerprint density at radius 2 is 2.00 bits per heavy atom. The van der Waals surface area contributed by atoms with Gasteiger partial charge in [0.2, 0.25) is 5.95 Å². The van der Waals surface area contributed by atoms with Gasteiger partial charge >= 0.3 is 0 Å². The molecular formula is C18H17FN2O. The van der Waals surface area contributed by atoms with Gasteiger partial charge in [0.25, 0.3) is 5.91 Å². The van der Waals surface area contributed by atoms with Gasteiger partial charge in [0.1, 0.15) is 0 Å². The van der Waals surface area contributed by atoms with Gasteiger partial charge in [-0.1, -0.05) is 0 Å². The number of halogens is 1. The summed E-state index contributed by atoms with van der Waals surface area (Å²) in [4.78, 5) is 16.2. The maximum absolute atomic E-state index is 12.9. The standard InChI is InChI=1S/C18H17FN2O/c19-11-2-1-6(5-20-11)17(22)21-16-13-8-3-9-12(13)7-4-10-14(8)18(9,10)15(7)16/h1-2,5,7-10,12-16H,3-4H2,(H,21,22). The summed E-state index contributed by atoms with van der Waals surface area (Å²) in [6.07, 6.45) is 4.26. The van der Waals surface area contributed by atoms with E-state index in [4.69, 9.17) is 0 Å². The predicted molar refractivity (Wildman–Crippen MR) is 75.0 cm³/mol. The SMILES string of the molecule is O=C(NC1C2C3CC4C2C2CC5C3C45C21)c1ccc(F)nc1. The molecule has 6 aliphatic rings. The molecule has 112 valence electrons. The maximum Gasteiger partial charge on any atom is 0.253 e. The second-order valence-electron chi connectivity index (χ2n) is 8.59. The summed E-state index contributed by atoms with van der Waals surface area (Å²) in [7, 11) is 0. The third-order valence-corrected chi connectivity index (χ3v) is 8.73. The zero-order chi connectivity index (χ0) is 14.4. The van der Waals surface area contributed by atoms with Gasteiger partial charge in [0.05, 0.1) is 5.56 Å². The highest BCUT2D eigenvalue weighted by Crippen LogP contribution is 2.98. The Balaban J connectivity index is 1.25. The zero-order valence-electron chi connectivity index (χ0n) is 12.1. The number of hydrogen-bond donors (Lipinski definition) is 1. The lowest BCUT2D eigenvalue weighted by Crippen LogP contribution is -2.51. The molecule has 1 aromatic rings. The number of hydrogen-bond acceptors (Lipinski definition) is 2. The number of pyridine rings is 1. The summed E-state index contributed by atoms with van der Waals surface area (Å²) in [5.74, 6) is 6.71. The Kier molecular flexibility index (Phi) is 1.51. The quantitative estimate of drug-likeness (QED) is 0.849. The van der Waals surface area contributed by atoms with Crippen molar-refractivity contribution in [3.63, 3.8) is 0 Å². The summed E-state index contributed by atoms with van der Waals surface area (Å²) < 4.78 is 12.9. The van der Waals surface area contributed by atoms with Gasteiger partial charge in [-0.15, -0.1) is 0 Å². The molecule has 1 N–H and O–H groups in total. The van der Waals surface area contributed by atoms with Crippen molar-refractivity contribution < 1.29 is 9.18 Å². The molecule has 6 aliphatic carbocycles. The predicted octanol–water partition coefficient (Wildman–Crippen LogP) is 2.10. The zero-order valence-corrected chi connectivity index (χ0v) is 12.1. The Morgan fingerprint density at radius 1 is 1.18 bits per heavy atom. The fourth-order valence-corrected chi connectivity index (χ4v) is 8.92. The molecule has 10 atom stereocenters. The molecule has 1 heterocycles. The Bertz CT molecular complexity index is 748. The van der Waals surface area contributed by atoms with Crippen LogP contribution in [0.4, 0.5) is 4.39 Å². The van der Waals surface area contributed by atoms with Gasteiger partial charge in [-0.25, -0.2) is 4.98 Å². The molecule has 0 aromatic carbocycles. The molecule has 1 amide bonds. The molecule has 3 nitrogen and oxygen atoms in total. The van der Waals surface area contributed by atoms with E-state index in [0.717, 1.165) is 47.3 Å². The first-order chi connectivity index (χ1) is 10.7. The lowest BCUT2D eigenvalue weighted by Gasteiger charge is -2.41. The first kappa shape index (κ1) is 11.1. The number of fused-ring (bicyclic) bond motifs is 4. The second kappa shape index (κ2) is 2.98. The van der Waals surface area contributed by atoms with Crippen molar-refractivity contribution in [2.75, 3.05) is 0 Å². The fraction of sp³-hybridized carbons (Fsp3) is 0.667. The molecule has 1 spiro atoms. The molecule has 7 rings (SSSR count). The number of rotatable bonds is 2. The molecule has 0 saturated heterocycles. The molecular weight excluding hydrogens is 279 g/mol. The topological polar surface area (TPSA) is 42.0 Å². The maximum atomic E-state index is 12.9. The van der Waals surface area contributed by atoms with E-state index in [9.17, 15) is 9.18 Å². The first-order valence-electron chi connectivity index (χ1n) is 8.65. The normalized spacial score (nSPS) is 59.6. The highest BCUT2D eigenvalue weighted by Gasteiger charge is 2.96. The third-order valence-electron chi connectivity index (χ3n) is 8.73. The fourth-order valence-electron chi connectivity index (χ4n) is 8.92. The minimum absolute atomic E-state index is 0.0568. The van der Waals surface area contributed by atoms with Crippen LogP contribution in [0, 0.1) is 58.7 Å². The van der Waals surface area contributed by atoms with E-state index >= 15 is 0 Å². The average Bonchev–Trinajstić information content (AvgIpc) is 2.87. The van der Waals surface area contributed by atoms with Gasteiger partial charge in [0, 0.05) is 12.2 Å². The largest absolute Gasteiger partial charge is 0.349 e. The first-order valence-corrected chi connectivity index (χ1v) is 8.65. The Morgan fingerprint density at radius 3 is 2.82 bits per heavy atom. The van der Waals surface area contributed by atoms with Crippen molar-refractivity contribution in [3.05, 3.63) is 29.8 Å². The van der Waals surface area contributed by atoms with E-state index in [1.807, 2.05) is 0 Å². The van der Waals surface area contributed by atoms with Gasteiger partial charge in [0.15, 0.2) is 0 Å². The van der Waals surface area contributed by atoms with Crippen LogP contribution in [0.15, 0.2) is 18.3 Å². The second-order valence-corrected chi connectivity index (χ2v) is 8.59. The van der Waals surface area contributed by atoms with Crippen molar-refractivity contribution in [1.29, 1.82) is 0 Å². The van der Waals surface area contributed by atoms with E-state index in [1.54, 1.807) is 6.07 Å². The van der Waals surface area contributed by atoms with E-state index in [2.05, 4.69) is 10.3 Å². The lowest BCUT2D eigenvalue weighted by atomic mass is 9.67. The van der Waals surface area contributed by atoms with E-state index in [0.29, 0.717) is 17.0 Å². The number of nitrogens with one attached hydrogen (secondary N) is 1. The highest BCUT2D eigenvalue weighted by molar-refractivity contribution is 5.94. The van der Waals surface area contributed by atoms with Gasteiger partial charge in [-0.05, 0) is 77.7 Å². The Labute approximate surface area is 127 Å². The van der Waals surface area contributed by atoms with Crippen molar-refractivity contribution in [2.45, 2.75) is 18.9 Å². The Hall–Kier alpha value is -1.45. The molecule has 6 fully saturated rings. The molecule has 22 heavy (non-hydrogen) atoms. The molecule has 0 aliphatic heterocycles. The molecule has 0 radical (unpaired) electrons. The van der Waals surface area contributed by atoms with Crippen LogP contribution in [0.1, 0.15) is 23.2 Å². The van der Waals surface area contributed by atoms with Crippen molar-refractivity contribution in [1.82, 2.24) is 10.3 Å². The summed E-state index contributed by atoms with van der Waals surface area (Å²) in [6, 6.07) is 3.20. The number of carbonyl (C=O) groups is 1. The summed E-state index contributed by atoms with van der Waals surface area (Å²) >= 11 is 0. The summed E-state index contributed by atoms with van der Waals surface area (Å²) in [6.45, 7) is 0. The van der Waals surface area contributed by atoms with Gasteiger partial charge in [-0.2, -0.15) is 4.39 Å². The van der Waals surface area contributed by atoms with Crippen LogP contribution in [0.3, 0.4) is 0 Å². The molecule has 1 aromatic heterocycles. The minimum atomic E-state index is -0.531. The number of aromatic nitrogens is 1. The molecule has 6 bridgehead atoms. The van der Waals surface area contributed by atoms with Crippen LogP contribution in [0.2, 0.25) is 0 Å². The van der Waals surface area contributed by atoms with Crippen LogP contribution in [0.25, 0.3) is 0 Å². The summed E-state index contributed by atoms with van der Waals surface area (Å²) in [5, 5.41) is 3.34. The number of carbonyl (C=O) groups excluding carboxylic acids is 1. The van der Waals surface area contributed by atoms with E-state index < -0.39 is 5.95 Å². The van der Waals surface area contributed by atoms with Gasteiger partial charge in [-0.3, -0.25) is 4.79 Å². The van der Waals surface area contributed by atoms with Crippen LogP contribution >= 0.6 is 0 Å². The van der Waals surface area contributed by atoms with Crippen LogP contribution in [0.5, 0.6) is 0 Å². The van der Waals surface area contributed by atoms with Crippen LogP contribution < -0.4 is 5.32 Å². The smallest absolute Gasteiger partial charge is 0.253 e. The van der Waals surface area contributed by atoms with Crippen LogP contribution in [-0.4, -0.2) is 16.9 Å². The average molecular weight is 296 g/mol. The summed E-state index contributed by atoms with van der Waals surface area (Å²) in [5.41, 5.74) is 1.15. The van der Waals surface area contributed by atoms with Crippen molar-refractivity contribution in [2.24, 2.45) is 52.8 Å². The molecule has 4 heteroatoms. The molecule has 6 saturated carbocycles. The monoisotopic (exact) mass is 296 g/mol.